The standard InChI is InChI=1S/C23H16F2N2O3/c24-15-12-10-14(11-13-15)20-19-21(30-27(20)16-6-2-1-3-7-16)23(29)26(22(19)28)18-9-5-4-8-17(18)25/h1-13,19-21H/t19-,20-,21+/m0/s1. The Morgan fingerprint density at radius 1 is 0.767 bits per heavy atom. The first-order valence-corrected chi connectivity index (χ1v) is 9.45. The van der Waals surface area contributed by atoms with Crippen molar-refractivity contribution in [2.24, 2.45) is 5.92 Å². The quantitative estimate of drug-likeness (QED) is 0.617. The largest absolute Gasteiger partial charge is 0.273 e. The highest BCUT2D eigenvalue weighted by atomic mass is 19.1. The fraction of sp³-hybridized carbons (Fsp3) is 0.130. The average molecular weight is 406 g/mol. The fourth-order valence-electron chi connectivity index (χ4n) is 4.08. The number of imide groups is 1. The van der Waals surface area contributed by atoms with E-state index in [0.29, 0.717) is 11.3 Å². The van der Waals surface area contributed by atoms with Gasteiger partial charge in [0.05, 0.1) is 17.4 Å². The second-order valence-corrected chi connectivity index (χ2v) is 7.17. The number of benzene rings is 3. The van der Waals surface area contributed by atoms with E-state index in [4.69, 9.17) is 4.84 Å². The number of carbonyl (C=O) groups excluding carboxylic acids is 2. The summed E-state index contributed by atoms with van der Waals surface area (Å²) in [6.07, 6.45) is -1.10. The van der Waals surface area contributed by atoms with Crippen molar-refractivity contribution in [3.63, 3.8) is 0 Å². The molecule has 7 heteroatoms. The van der Waals surface area contributed by atoms with Crippen LogP contribution in [0.1, 0.15) is 11.6 Å². The van der Waals surface area contributed by atoms with Gasteiger partial charge in [-0.3, -0.25) is 14.4 Å². The second-order valence-electron chi connectivity index (χ2n) is 7.17. The Kier molecular flexibility index (Phi) is 4.33. The number of para-hydroxylation sites is 2. The van der Waals surface area contributed by atoms with Crippen LogP contribution in [-0.4, -0.2) is 17.9 Å². The Morgan fingerprint density at radius 2 is 1.43 bits per heavy atom. The van der Waals surface area contributed by atoms with Gasteiger partial charge in [-0.15, -0.1) is 0 Å². The maximum absolute atomic E-state index is 14.3. The lowest BCUT2D eigenvalue weighted by molar-refractivity contribution is -0.126. The highest BCUT2D eigenvalue weighted by Gasteiger charge is 2.60. The maximum Gasteiger partial charge on any atom is 0.266 e. The molecule has 30 heavy (non-hydrogen) atoms. The zero-order valence-electron chi connectivity index (χ0n) is 15.6. The molecule has 0 aliphatic carbocycles. The number of rotatable bonds is 3. The summed E-state index contributed by atoms with van der Waals surface area (Å²) in [6, 6.07) is 19.7. The minimum atomic E-state index is -1.10. The number of hydrogen-bond donors (Lipinski definition) is 0. The molecule has 3 aromatic carbocycles. The van der Waals surface area contributed by atoms with Gasteiger partial charge in [-0.05, 0) is 42.0 Å². The van der Waals surface area contributed by atoms with Gasteiger partial charge >= 0.3 is 0 Å². The molecule has 0 aromatic heterocycles. The van der Waals surface area contributed by atoms with Crippen LogP contribution in [-0.2, 0) is 14.4 Å². The van der Waals surface area contributed by atoms with Gasteiger partial charge in [-0.2, -0.15) is 0 Å². The zero-order chi connectivity index (χ0) is 20.8. The van der Waals surface area contributed by atoms with Gasteiger partial charge < -0.3 is 0 Å². The van der Waals surface area contributed by atoms with Gasteiger partial charge in [0.1, 0.15) is 17.6 Å². The Bertz CT molecular complexity index is 1120. The molecule has 5 nitrogen and oxygen atoms in total. The molecule has 2 amide bonds. The van der Waals surface area contributed by atoms with Crippen LogP contribution in [0.5, 0.6) is 0 Å². The normalized spacial score (nSPS) is 23.2. The molecule has 150 valence electrons. The van der Waals surface area contributed by atoms with Crippen molar-refractivity contribution < 1.29 is 23.2 Å². The molecule has 3 aromatic rings. The first kappa shape index (κ1) is 18.4. The van der Waals surface area contributed by atoms with Crippen LogP contribution in [0.25, 0.3) is 0 Å². The molecule has 0 N–H and O–H groups in total. The topological polar surface area (TPSA) is 49.9 Å². The van der Waals surface area contributed by atoms with Crippen molar-refractivity contribution in [1.82, 2.24) is 0 Å². The van der Waals surface area contributed by atoms with Crippen LogP contribution in [0.15, 0.2) is 78.9 Å². The van der Waals surface area contributed by atoms with Gasteiger partial charge in [0.2, 0.25) is 5.91 Å². The molecule has 0 spiro atoms. The molecule has 3 atom stereocenters. The number of hydrogen-bond acceptors (Lipinski definition) is 4. The van der Waals surface area contributed by atoms with Crippen molar-refractivity contribution in [2.45, 2.75) is 12.1 Å². The summed E-state index contributed by atoms with van der Waals surface area (Å²) in [7, 11) is 0. The smallest absolute Gasteiger partial charge is 0.266 e. The molecular formula is C23H16F2N2O3. The molecular weight excluding hydrogens is 390 g/mol. The third kappa shape index (κ3) is 2.78. The van der Waals surface area contributed by atoms with Crippen LogP contribution in [0.4, 0.5) is 20.2 Å². The summed E-state index contributed by atoms with van der Waals surface area (Å²) in [5, 5.41) is 1.51. The van der Waals surface area contributed by atoms with E-state index in [9.17, 15) is 18.4 Å². The number of fused-ring (bicyclic) bond motifs is 1. The summed E-state index contributed by atoms with van der Waals surface area (Å²) in [6.45, 7) is 0. The molecule has 2 aliphatic heterocycles. The first-order chi connectivity index (χ1) is 14.6. The Hall–Kier alpha value is -3.58. The van der Waals surface area contributed by atoms with Crippen molar-refractivity contribution in [2.75, 3.05) is 9.96 Å². The summed E-state index contributed by atoms with van der Waals surface area (Å²) < 4.78 is 27.8. The molecule has 2 saturated heterocycles. The molecule has 2 heterocycles. The summed E-state index contributed by atoms with van der Waals surface area (Å²) in [5.41, 5.74) is 1.16. The van der Waals surface area contributed by atoms with Gasteiger partial charge in [-0.1, -0.05) is 42.5 Å². The third-order valence-corrected chi connectivity index (χ3v) is 5.43. The molecule has 0 bridgehead atoms. The van der Waals surface area contributed by atoms with Crippen molar-refractivity contribution in [3.8, 4) is 0 Å². The lowest BCUT2D eigenvalue weighted by Gasteiger charge is -2.28. The monoisotopic (exact) mass is 406 g/mol. The Balaban J connectivity index is 1.60. The van der Waals surface area contributed by atoms with E-state index in [1.807, 2.05) is 18.2 Å². The predicted octanol–water partition coefficient (Wildman–Crippen LogP) is 4.02. The van der Waals surface area contributed by atoms with E-state index in [2.05, 4.69) is 0 Å². The lowest BCUT2D eigenvalue weighted by Crippen LogP contribution is -2.37. The van der Waals surface area contributed by atoms with Gasteiger partial charge in [0, 0.05) is 0 Å². The molecule has 2 fully saturated rings. The molecule has 2 aliphatic rings. The lowest BCUT2D eigenvalue weighted by atomic mass is 9.90. The van der Waals surface area contributed by atoms with E-state index in [-0.39, 0.29) is 5.69 Å². The number of amides is 2. The van der Waals surface area contributed by atoms with Crippen LogP contribution in [0.3, 0.4) is 0 Å². The highest BCUT2D eigenvalue weighted by molar-refractivity contribution is 6.24. The van der Waals surface area contributed by atoms with Gasteiger partial charge in [-0.25, -0.2) is 18.7 Å². The van der Waals surface area contributed by atoms with E-state index < -0.39 is 41.5 Å². The molecule has 0 radical (unpaired) electrons. The van der Waals surface area contributed by atoms with E-state index >= 15 is 0 Å². The van der Waals surface area contributed by atoms with Crippen LogP contribution >= 0.6 is 0 Å². The van der Waals surface area contributed by atoms with Crippen LogP contribution in [0.2, 0.25) is 0 Å². The SMILES string of the molecule is O=C1[C@@H]2[C@@H](ON(c3ccccc3)[C@H]2c2ccc(F)cc2)C(=O)N1c1ccccc1F. The van der Waals surface area contributed by atoms with Crippen LogP contribution in [0, 0.1) is 17.6 Å². The molecule has 5 rings (SSSR count). The van der Waals surface area contributed by atoms with E-state index in [0.717, 1.165) is 4.90 Å². The number of halogens is 2. The Labute approximate surface area is 171 Å². The third-order valence-electron chi connectivity index (χ3n) is 5.43. The summed E-state index contributed by atoms with van der Waals surface area (Å²) in [5.74, 6) is -3.16. The zero-order valence-corrected chi connectivity index (χ0v) is 15.6. The Morgan fingerprint density at radius 3 is 2.13 bits per heavy atom. The van der Waals surface area contributed by atoms with Gasteiger partial charge in [0.25, 0.3) is 5.91 Å². The minimum Gasteiger partial charge on any atom is -0.273 e. The second kappa shape index (κ2) is 7.03. The summed E-state index contributed by atoms with van der Waals surface area (Å²) >= 11 is 0. The number of hydroxylamine groups is 1. The minimum absolute atomic E-state index is 0.102. The fourth-order valence-corrected chi connectivity index (χ4v) is 4.08. The maximum atomic E-state index is 14.3. The van der Waals surface area contributed by atoms with Crippen molar-refractivity contribution in [3.05, 3.63) is 96.1 Å². The number of carbonyl (C=O) groups is 2. The average Bonchev–Trinajstić information content (AvgIpc) is 3.26. The van der Waals surface area contributed by atoms with E-state index in [1.54, 1.807) is 30.3 Å². The van der Waals surface area contributed by atoms with Crippen molar-refractivity contribution >= 4 is 23.2 Å². The van der Waals surface area contributed by atoms with Crippen LogP contribution < -0.4 is 9.96 Å². The first-order valence-electron chi connectivity index (χ1n) is 9.45. The predicted molar refractivity (Wildman–Crippen MR) is 105 cm³/mol. The summed E-state index contributed by atoms with van der Waals surface area (Å²) in [4.78, 5) is 33.2. The number of nitrogens with zero attached hydrogens (tertiary/aromatic N) is 2. The number of anilines is 2. The highest BCUT2D eigenvalue weighted by Crippen LogP contribution is 2.47. The molecule has 0 saturated carbocycles. The van der Waals surface area contributed by atoms with Gasteiger partial charge in [0.15, 0.2) is 6.10 Å². The van der Waals surface area contributed by atoms with E-state index in [1.165, 1.54) is 35.4 Å². The molecule has 0 unspecified atom stereocenters. The van der Waals surface area contributed by atoms with Crippen molar-refractivity contribution in [1.29, 1.82) is 0 Å².